The van der Waals surface area contributed by atoms with Gasteiger partial charge in [-0.3, -0.25) is 4.79 Å². The number of aliphatic carboxylic acids is 1. The quantitative estimate of drug-likeness (QED) is 0.437. The fourth-order valence-corrected chi connectivity index (χ4v) is 2.88. The van der Waals surface area contributed by atoms with E-state index in [-0.39, 0.29) is 29.1 Å². The van der Waals surface area contributed by atoms with Gasteiger partial charge in [0.05, 0.1) is 29.9 Å². The van der Waals surface area contributed by atoms with Gasteiger partial charge < -0.3 is 19.9 Å². The highest BCUT2D eigenvalue weighted by Gasteiger charge is 2.39. The molecule has 0 aromatic heterocycles. The van der Waals surface area contributed by atoms with Crippen LogP contribution in [0.3, 0.4) is 0 Å². The lowest BCUT2D eigenvalue weighted by Gasteiger charge is -2.29. The molecule has 0 saturated carbocycles. The third-order valence-corrected chi connectivity index (χ3v) is 3.93. The number of rotatable bonds is 7. The molecular formula is C19H19NO6. The van der Waals surface area contributed by atoms with Crippen LogP contribution in [0.15, 0.2) is 59.5 Å². The average molecular weight is 357 g/mol. The first-order valence-electron chi connectivity index (χ1n) is 7.77. The number of ether oxygens (including phenoxy) is 2. The topological polar surface area (TPSA) is 102 Å². The minimum absolute atomic E-state index is 0.0390. The molecule has 7 heteroatoms. The summed E-state index contributed by atoms with van der Waals surface area (Å²) < 4.78 is 10.4. The summed E-state index contributed by atoms with van der Waals surface area (Å²) in [7, 11) is 1.17. The number of carboxylic acid groups (broad SMARTS) is 1. The molecule has 136 valence electrons. The number of benzene rings is 1. The Labute approximate surface area is 150 Å². The maximum Gasteiger partial charge on any atom is 0.336 e. The number of methoxy groups -OCH3 is 1. The number of carboxylic acids is 1. The Kier molecular flexibility index (Phi) is 5.95. The van der Waals surface area contributed by atoms with E-state index in [2.05, 4.69) is 11.9 Å². The fraction of sp³-hybridized carbons (Fsp3) is 0.211. The zero-order chi connectivity index (χ0) is 19.3. The summed E-state index contributed by atoms with van der Waals surface area (Å²) in [5, 5.41) is 12.4. The number of carbonyl (C=O) groups excluding carboxylic acids is 2. The predicted octanol–water partition coefficient (Wildman–Crippen LogP) is 1.92. The first-order valence-corrected chi connectivity index (χ1v) is 7.77. The molecule has 0 spiro atoms. The van der Waals surface area contributed by atoms with E-state index in [1.54, 1.807) is 30.3 Å². The molecule has 2 N–H and O–H groups in total. The molecular weight excluding hydrogens is 338 g/mol. The zero-order valence-corrected chi connectivity index (χ0v) is 14.4. The molecule has 1 aromatic carbocycles. The van der Waals surface area contributed by atoms with Crippen molar-refractivity contribution >= 4 is 18.2 Å². The minimum atomic E-state index is -1.22. The van der Waals surface area contributed by atoms with Crippen LogP contribution in [-0.4, -0.2) is 37.0 Å². The Morgan fingerprint density at radius 2 is 2.00 bits per heavy atom. The van der Waals surface area contributed by atoms with Crippen LogP contribution >= 0.6 is 0 Å². The van der Waals surface area contributed by atoms with E-state index in [0.717, 1.165) is 0 Å². The van der Waals surface area contributed by atoms with E-state index >= 15 is 0 Å². The summed E-state index contributed by atoms with van der Waals surface area (Å²) in [4.78, 5) is 35.8. The zero-order valence-electron chi connectivity index (χ0n) is 14.4. The lowest BCUT2D eigenvalue weighted by Crippen LogP contribution is -2.33. The number of allylic oxidation sites excluding steroid dienone is 2. The SMILES string of the molecule is C=CCOc1ccccc1C1C(C(=O)O)=C(C)NC(C=O)=C1C(=O)OC. The Bertz CT molecular complexity index is 821. The van der Waals surface area contributed by atoms with Gasteiger partial charge in [0.1, 0.15) is 12.4 Å². The standard InChI is InChI=1S/C19H19NO6/c1-4-9-26-14-8-6-5-7-12(14)16-15(18(22)23)11(2)20-13(10-21)17(16)19(24)25-3/h4-8,10,16,20H,1,9H2,2-3H3,(H,22,23). The third-order valence-electron chi connectivity index (χ3n) is 3.93. The summed E-state index contributed by atoms with van der Waals surface area (Å²) in [6.45, 7) is 5.32. The molecule has 0 bridgehead atoms. The second kappa shape index (κ2) is 8.15. The Morgan fingerprint density at radius 1 is 1.31 bits per heavy atom. The van der Waals surface area contributed by atoms with E-state index < -0.39 is 17.9 Å². The molecule has 1 aliphatic rings. The van der Waals surface area contributed by atoms with E-state index in [9.17, 15) is 19.5 Å². The molecule has 1 aliphatic heterocycles. The van der Waals surface area contributed by atoms with Crippen LogP contribution in [0.1, 0.15) is 18.4 Å². The summed E-state index contributed by atoms with van der Waals surface area (Å²) >= 11 is 0. The molecule has 26 heavy (non-hydrogen) atoms. The van der Waals surface area contributed by atoms with Gasteiger partial charge in [-0.05, 0) is 13.0 Å². The molecule has 0 fully saturated rings. The Balaban J connectivity index is 2.76. The minimum Gasteiger partial charge on any atom is -0.489 e. The number of esters is 1. The highest BCUT2D eigenvalue weighted by atomic mass is 16.5. The Morgan fingerprint density at radius 3 is 2.58 bits per heavy atom. The first kappa shape index (κ1) is 19.0. The fourth-order valence-electron chi connectivity index (χ4n) is 2.88. The van der Waals surface area contributed by atoms with Crippen LogP contribution in [0.5, 0.6) is 5.75 Å². The summed E-state index contributed by atoms with van der Waals surface area (Å²) in [5.74, 6) is -2.65. The van der Waals surface area contributed by atoms with E-state index in [1.165, 1.54) is 14.0 Å². The van der Waals surface area contributed by atoms with E-state index in [1.807, 2.05) is 0 Å². The molecule has 1 aromatic rings. The molecule has 0 radical (unpaired) electrons. The number of hydrogen-bond acceptors (Lipinski definition) is 6. The molecule has 1 unspecified atom stereocenters. The van der Waals surface area contributed by atoms with Gasteiger partial charge in [0.15, 0.2) is 6.29 Å². The summed E-state index contributed by atoms with van der Waals surface area (Å²) in [5.41, 5.74) is 0.511. The van der Waals surface area contributed by atoms with E-state index in [0.29, 0.717) is 17.6 Å². The van der Waals surface area contributed by atoms with Crippen molar-refractivity contribution in [2.75, 3.05) is 13.7 Å². The van der Waals surface area contributed by atoms with Crippen LogP contribution in [0, 0.1) is 0 Å². The number of dihydropyridines is 1. The van der Waals surface area contributed by atoms with Crippen LogP contribution in [-0.2, 0) is 19.1 Å². The van der Waals surface area contributed by atoms with Gasteiger partial charge in [0.2, 0.25) is 0 Å². The van der Waals surface area contributed by atoms with Gasteiger partial charge in [-0.2, -0.15) is 0 Å². The second-order valence-electron chi connectivity index (χ2n) is 5.48. The van der Waals surface area contributed by atoms with Crippen molar-refractivity contribution in [3.8, 4) is 5.75 Å². The van der Waals surface area contributed by atoms with Crippen molar-refractivity contribution in [3.05, 3.63) is 65.0 Å². The molecule has 2 rings (SSSR count). The van der Waals surface area contributed by atoms with Crippen molar-refractivity contribution in [2.24, 2.45) is 0 Å². The Hall–Kier alpha value is -3.35. The van der Waals surface area contributed by atoms with Gasteiger partial charge in [-0.15, -0.1) is 0 Å². The summed E-state index contributed by atoms with van der Waals surface area (Å²) in [6.07, 6.45) is 2.01. The molecule has 0 amide bonds. The average Bonchev–Trinajstić information content (AvgIpc) is 2.64. The number of carbonyl (C=O) groups is 3. The monoisotopic (exact) mass is 357 g/mol. The normalized spacial score (nSPS) is 16.6. The van der Waals surface area contributed by atoms with Gasteiger partial charge in [-0.1, -0.05) is 30.9 Å². The number of nitrogens with one attached hydrogen (secondary N) is 1. The summed E-state index contributed by atoms with van der Waals surface area (Å²) in [6, 6.07) is 6.73. The highest BCUT2D eigenvalue weighted by Crippen LogP contribution is 2.42. The van der Waals surface area contributed by atoms with Crippen LogP contribution < -0.4 is 10.1 Å². The smallest absolute Gasteiger partial charge is 0.336 e. The van der Waals surface area contributed by atoms with Crippen molar-refractivity contribution < 1.29 is 29.0 Å². The third kappa shape index (κ3) is 3.51. The number of para-hydroxylation sites is 1. The van der Waals surface area contributed by atoms with Gasteiger partial charge in [0, 0.05) is 11.3 Å². The predicted molar refractivity (Wildman–Crippen MR) is 93.5 cm³/mol. The lowest BCUT2D eigenvalue weighted by molar-refractivity contribution is -0.136. The number of aldehydes is 1. The first-order chi connectivity index (χ1) is 12.5. The maximum absolute atomic E-state index is 12.4. The largest absolute Gasteiger partial charge is 0.489 e. The molecule has 7 nitrogen and oxygen atoms in total. The van der Waals surface area contributed by atoms with Crippen molar-refractivity contribution in [3.63, 3.8) is 0 Å². The maximum atomic E-state index is 12.4. The van der Waals surface area contributed by atoms with Gasteiger partial charge in [-0.25, -0.2) is 9.59 Å². The van der Waals surface area contributed by atoms with Crippen LogP contribution in [0.4, 0.5) is 0 Å². The second-order valence-corrected chi connectivity index (χ2v) is 5.48. The molecule has 0 aliphatic carbocycles. The van der Waals surface area contributed by atoms with E-state index in [4.69, 9.17) is 9.47 Å². The van der Waals surface area contributed by atoms with Crippen LogP contribution in [0.2, 0.25) is 0 Å². The number of hydrogen-bond donors (Lipinski definition) is 2. The highest BCUT2D eigenvalue weighted by molar-refractivity contribution is 6.03. The van der Waals surface area contributed by atoms with Crippen molar-refractivity contribution in [1.82, 2.24) is 5.32 Å². The van der Waals surface area contributed by atoms with Gasteiger partial charge in [0.25, 0.3) is 0 Å². The van der Waals surface area contributed by atoms with Crippen molar-refractivity contribution in [2.45, 2.75) is 12.8 Å². The van der Waals surface area contributed by atoms with Crippen molar-refractivity contribution in [1.29, 1.82) is 0 Å². The molecule has 1 heterocycles. The van der Waals surface area contributed by atoms with Crippen LogP contribution in [0.25, 0.3) is 0 Å². The molecule has 1 atom stereocenters. The van der Waals surface area contributed by atoms with Gasteiger partial charge >= 0.3 is 11.9 Å². The lowest BCUT2D eigenvalue weighted by atomic mass is 9.80. The molecule has 0 saturated heterocycles.